The van der Waals surface area contributed by atoms with E-state index in [0.717, 1.165) is 18.8 Å². The van der Waals surface area contributed by atoms with E-state index in [2.05, 4.69) is 5.32 Å². The van der Waals surface area contributed by atoms with Crippen LogP contribution in [0.4, 0.5) is 20.2 Å². The number of aliphatic hydroxyl groups is 1. The minimum atomic E-state index is -1.49. The van der Waals surface area contributed by atoms with Gasteiger partial charge in [0.15, 0.2) is 5.82 Å². The lowest BCUT2D eigenvalue weighted by atomic mass is 9.96. The van der Waals surface area contributed by atoms with E-state index < -0.39 is 35.2 Å². The Bertz CT molecular complexity index is 1380. The molecular formula is C24H26F2N4O4. The normalized spacial score (nSPS) is 14.0. The van der Waals surface area contributed by atoms with Crippen molar-refractivity contribution in [1.29, 1.82) is 0 Å². The zero-order valence-corrected chi connectivity index (χ0v) is 19.1. The summed E-state index contributed by atoms with van der Waals surface area (Å²) in [5.41, 5.74) is 5.52. The number of carbonyl (C=O) groups is 1. The number of rotatable bonds is 6. The third kappa shape index (κ3) is 3.59. The van der Waals surface area contributed by atoms with Crippen LogP contribution in [0.2, 0.25) is 0 Å². The van der Waals surface area contributed by atoms with Gasteiger partial charge in [0.05, 0.1) is 34.6 Å². The number of hydrogen-bond acceptors (Lipinski definition) is 6. The molecule has 2 heterocycles. The Morgan fingerprint density at radius 2 is 1.91 bits per heavy atom. The van der Waals surface area contributed by atoms with Crippen LogP contribution in [0.1, 0.15) is 34.0 Å². The Morgan fingerprint density at radius 1 is 1.24 bits per heavy atom. The molecule has 0 aliphatic carbocycles. The first-order valence-corrected chi connectivity index (χ1v) is 10.9. The number of carboxylic acids is 1. The minimum absolute atomic E-state index is 0.0185. The summed E-state index contributed by atoms with van der Waals surface area (Å²) in [6, 6.07) is 2.52. The molecule has 34 heavy (non-hydrogen) atoms. The van der Waals surface area contributed by atoms with Gasteiger partial charge < -0.3 is 30.7 Å². The molecule has 0 spiro atoms. The molecule has 5 N–H and O–H groups in total. The summed E-state index contributed by atoms with van der Waals surface area (Å²) in [5, 5.41) is 22.7. The molecule has 0 amide bonds. The van der Waals surface area contributed by atoms with Crippen molar-refractivity contribution in [1.82, 2.24) is 9.88 Å². The zero-order valence-electron chi connectivity index (χ0n) is 19.1. The van der Waals surface area contributed by atoms with E-state index in [-0.39, 0.29) is 39.4 Å². The van der Waals surface area contributed by atoms with Gasteiger partial charge in [-0.05, 0) is 32.5 Å². The molecule has 0 atom stereocenters. The van der Waals surface area contributed by atoms with Crippen molar-refractivity contribution >= 4 is 28.2 Å². The maximum absolute atomic E-state index is 15.6. The van der Waals surface area contributed by atoms with E-state index in [9.17, 15) is 24.2 Å². The highest BCUT2D eigenvalue weighted by atomic mass is 19.1. The van der Waals surface area contributed by atoms with Crippen molar-refractivity contribution < 1.29 is 23.8 Å². The van der Waals surface area contributed by atoms with Gasteiger partial charge in [-0.25, -0.2) is 13.6 Å². The lowest BCUT2D eigenvalue weighted by Gasteiger charge is -2.42. The molecule has 1 aromatic heterocycles. The summed E-state index contributed by atoms with van der Waals surface area (Å²) >= 11 is 0. The molecule has 1 saturated heterocycles. The van der Waals surface area contributed by atoms with Crippen LogP contribution in [0.5, 0.6) is 0 Å². The van der Waals surface area contributed by atoms with E-state index in [0.29, 0.717) is 24.3 Å². The number of fused-ring (bicyclic) bond motifs is 1. The summed E-state index contributed by atoms with van der Waals surface area (Å²) in [6.45, 7) is 6.43. The molecule has 2 aromatic carbocycles. The fourth-order valence-electron chi connectivity index (χ4n) is 4.66. The summed E-state index contributed by atoms with van der Waals surface area (Å²) in [7, 11) is 0. The molecular weight excluding hydrogens is 446 g/mol. The number of aromatic carboxylic acids is 1. The third-order valence-electron chi connectivity index (χ3n) is 6.38. The van der Waals surface area contributed by atoms with Crippen molar-refractivity contribution in [3.8, 4) is 5.69 Å². The van der Waals surface area contributed by atoms with Gasteiger partial charge >= 0.3 is 5.97 Å². The molecule has 1 fully saturated rings. The van der Waals surface area contributed by atoms with Crippen LogP contribution in [0, 0.1) is 25.5 Å². The lowest BCUT2D eigenvalue weighted by molar-refractivity contribution is 0.0695. The van der Waals surface area contributed by atoms with Crippen LogP contribution in [-0.2, 0) is 6.61 Å². The Hall–Kier alpha value is -3.50. The highest BCUT2D eigenvalue weighted by Crippen LogP contribution is 2.37. The first-order chi connectivity index (χ1) is 16.1. The van der Waals surface area contributed by atoms with Crippen molar-refractivity contribution in [3.05, 3.63) is 62.4 Å². The average molecular weight is 472 g/mol. The van der Waals surface area contributed by atoms with Crippen molar-refractivity contribution in [2.45, 2.75) is 33.4 Å². The first-order valence-electron chi connectivity index (χ1n) is 10.9. The molecule has 1 aliphatic heterocycles. The standard InChI is InChI=1S/C24H26F2N4O4/c1-4-28-14-7-29(8-14)22-12(3)21-19(11(2)20(22)26)23(32)15(24(33)34)9-30(21)18-6-17(27)16(25)5-13(18)10-31/h5-6,9,14,28,31H,4,7-8,10,27H2,1-3H3,(H,33,34). The number of nitrogens with one attached hydrogen (secondary N) is 1. The summed E-state index contributed by atoms with van der Waals surface area (Å²) in [4.78, 5) is 26.9. The Kier molecular flexibility index (Phi) is 6.05. The van der Waals surface area contributed by atoms with Crippen LogP contribution in [0.3, 0.4) is 0 Å². The smallest absolute Gasteiger partial charge is 0.341 e. The molecule has 0 saturated carbocycles. The van der Waals surface area contributed by atoms with E-state index in [1.807, 2.05) is 11.8 Å². The van der Waals surface area contributed by atoms with Crippen molar-refractivity contribution in [3.63, 3.8) is 0 Å². The van der Waals surface area contributed by atoms with Crippen LogP contribution in [-0.4, -0.2) is 46.4 Å². The predicted molar refractivity (Wildman–Crippen MR) is 126 cm³/mol. The number of nitrogen functional groups attached to an aromatic ring is 1. The first kappa shape index (κ1) is 23.7. The molecule has 180 valence electrons. The largest absolute Gasteiger partial charge is 0.477 e. The number of aryl methyl sites for hydroxylation is 2. The Labute approximate surface area is 194 Å². The van der Waals surface area contributed by atoms with Gasteiger partial charge in [-0.15, -0.1) is 0 Å². The highest BCUT2D eigenvalue weighted by molar-refractivity contribution is 5.97. The number of likely N-dealkylation sites (N-methyl/N-ethyl adjacent to an activating group) is 1. The fourth-order valence-corrected chi connectivity index (χ4v) is 4.66. The Morgan fingerprint density at radius 3 is 2.50 bits per heavy atom. The van der Waals surface area contributed by atoms with Gasteiger partial charge in [0.2, 0.25) is 5.43 Å². The molecule has 0 unspecified atom stereocenters. The highest BCUT2D eigenvalue weighted by Gasteiger charge is 2.32. The van der Waals surface area contributed by atoms with Crippen LogP contribution in [0.25, 0.3) is 16.6 Å². The second-order valence-electron chi connectivity index (χ2n) is 8.50. The molecule has 8 nitrogen and oxygen atoms in total. The maximum Gasteiger partial charge on any atom is 0.341 e. The van der Waals surface area contributed by atoms with Gasteiger partial charge in [0.1, 0.15) is 11.4 Å². The fraction of sp³-hybridized carbons (Fsp3) is 0.333. The number of benzene rings is 2. The molecule has 10 heteroatoms. The molecule has 3 aromatic rings. The number of anilines is 2. The number of carboxylic acid groups (broad SMARTS) is 1. The Balaban J connectivity index is 2.11. The van der Waals surface area contributed by atoms with E-state index >= 15 is 4.39 Å². The van der Waals surface area contributed by atoms with Gasteiger partial charge in [-0.2, -0.15) is 0 Å². The molecule has 0 bridgehead atoms. The molecule has 4 rings (SSSR count). The van der Waals surface area contributed by atoms with Crippen molar-refractivity contribution in [2.24, 2.45) is 0 Å². The quantitative estimate of drug-likeness (QED) is 0.407. The number of hydrogen-bond donors (Lipinski definition) is 4. The second kappa shape index (κ2) is 8.69. The van der Waals surface area contributed by atoms with Crippen LogP contribution < -0.4 is 21.4 Å². The van der Waals surface area contributed by atoms with Gasteiger partial charge in [-0.3, -0.25) is 4.79 Å². The summed E-state index contributed by atoms with van der Waals surface area (Å²) in [6.07, 6.45) is 1.12. The zero-order chi connectivity index (χ0) is 24.9. The molecule has 0 radical (unpaired) electrons. The number of aromatic nitrogens is 1. The summed E-state index contributed by atoms with van der Waals surface area (Å²) < 4.78 is 31.1. The van der Waals surface area contributed by atoms with E-state index in [1.165, 1.54) is 17.6 Å². The predicted octanol–water partition coefficient (Wildman–Crippen LogP) is 2.46. The number of halogens is 2. The number of nitrogens with two attached hydrogens (primary N) is 1. The molecule has 1 aliphatic rings. The topological polar surface area (TPSA) is 121 Å². The van der Waals surface area contributed by atoms with E-state index in [4.69, 9.17) is 5.73 Å². The van der Waals surface area contributed by atoms with Gasteiger partial charge in [-0.1, -0.05) is 6.92 Å². The number of pyridine rings is 1. The van der Waals surface area contributed by atoms with E-state index in [1.54, 1.807) is 6.92 Å². The van der Waals surface area contributed by atoms with Gasteiger partial charge in [0.25, 0.3) is 0 Å². The number of nitrogens with zero attached hydrogens (tertiary/aromatic N) is 2. The van der Waals surface area contributed by atoms with Crippen molar-refractivity contribution in [2.75, 3.05) is 30.3 Å². The second-order valence-corrected chi connectivity index (χ2v) is 8.50. The monoisotopic (exact) mass is 472 g/mol. The average Bonchev–Trinajstić information content (AvgIpc) is 2.76. The lowest BCUT2D eigenvalue weighted by Crippen LogP contribution is -2.58. The van der Waals surface area contributed by atoms with Crippen LogP contribution >= 0.6 is 0 Å². The van der Waals surface area contributed by atoms with Gasteiger partial charge in [0, 0.05) is 42.0 Å². The maximum atomic E-state index is 15.6. The SMILES string of the molecule is CCNC1CN(c2c(F)c(C)c3c(=O)c(C(=O)O)cn(-c4cc(N)c(F)cc4CO)c3c2C)C1. The number of aliphatic hydroxyl groups excluding tert-OH is 1. The minimum Gasteiger partial charge on any atom is -0.477 e. The third-order valence-corrected chi connectivity index (χ3v) is 6.38. The summed E-state index contributed by atoms with van der Waals surface area (Å²) in [5.74, 6) is -2.82. The van der Waals surface area contributed by atoms with Crippen LogP contribution in [0.15, 0.2) is 23.1 Å².